The van der Waals surface area contributed by atoms with Crippen LogP contribution < -0.4 is 9.62 Å². The summed E-state index contributed by atoms with van der Waals surface area (Å²) in [4.78, 5) is 29.1. The summed E-state index contributed by atoms with van der Waals surface area (Å²) < 4.78 is 56.3. The minimum atomic E-state index is -4.34. The quantitative estimate of drug-likeness (QED) is 0.210. The Labute approximate surface area is 257 Å². The lowest BCUT2D eigenvalue weighted by molar-refractivity contribution is -0.140. The highest BCUT2D eigenvalue weighted by molar-refractivity contribution is 7.92. The molecule has 0 aliphatic rings. The van der Waals surface area contributed by atoms with Crippen LogP contribution in [0.3, 0.4) is 0 Å². The SMILES string of the molecule is CCCNC(=O)C(Cc1ccccc1)N(Cc1ccc(F)cc1)C(=O)CN(c1ccc(C)cc1)S(=O)(=O)c1ccc(F)cc1. The highest BCUT2D eigenvalue weighted by Crippen LogP contribution is 2.26. The zero-order valence-corrected chi connectivity index (χ0v) is 25.4. The fraction of sp³-hybridized carbons (Fsp3) is 0.235. The molecule has 0 aliphatic heterocycles. The second kappa shape index (κ2) is 14.7. The lowest BCUT2D eigenvalue weighted by Gasteiger charge is -2.34. The van der Waals surface area contributed by atoms with Crippen molar-refractivity contribution in [2.45, 2.75) is 44.2 Å². The minimum Gasteiger partial charge on any atom is -0.354 e. The number of nitrogens with zero attached hydrogens (tertiary/aromatic N) is 2. The predicted octanol–water partition coefficient (Wildman–Crippen LogP) is 5.63. The first-order chi connectivity index (χ1) is 21.1. The van der Waals surface area contributed by atoms with E-state index in [4.69, 9.17) is 0 Å². The molecule has 44 heavy (non-hydrogen) atoms. The van der Waals surface area contributed by atoms with E-state index in [0.29, 0.717) is 18.5 Å². The van der Waals surface area contributed by atoms with Gasteiger partial charge >= 0.3 is 0 Å². The van der Waals surface area contributed by atoms with Gasteiger partial charge in [0.25, 0.3) is 10.0 Å². The van der Waals surface area contributed by atoms with Crippen LogP contribution in [-0.2, 0) is 32.6 Å². The number of amides is 2. The molecule has 0 saturated carbocycles. The second-order valence-corrected chi connectivity index (χ2v) is 12.3. The van der Waals surface area contributed by atoms with E-state index in [0.717, 1.165) is 39.7 Å². The van der Waals surface area contributed by atoms with Crippen molar-refractivity contribution in [3.8, 4) is 0 Å². The van der Waals surface area contributed by atoms with Gasteiger partial charge in [-0.3, -0.25) is 13.9 Å². The van der Waals surface area contributed by atoms with Crippen molar-refractivity contribution >= 4 is 27.5 Å². The van der Waals surface area contributed by atoms with Gasteiger partial charge in [0.05, 0.1) is 10.6 Å². The third-order valence-electron chi connectivity index (χ3n) is 7.09. The van der Waals surface area contributed by atoms with E-state index < -0.39 is 46.1 Å². The number of anilines is 1. The van der Waals surface area contributed by atoms with Gasteiger partial charge in [-0.05, 0) is 73.0 Å². The number of carbonyl (C=O) groups is 2. The van der Waals surface area contributed by atoms with Crippen LogP contribution in [0.5, 0.6) is 0 Å². The normalized spacial score (nSPS) is 11.9. The zero-order chi connectivity index (χ0) is 31.7. The molecule has 0 saturated heterocycles. The summed E-state index contributed by atoms with van der Waals surface area (Å²) in [6.07, 6.45) is 0.839. The highest BCUT2D eigenvalue weighted by Gasteiger charge is 2.34. The first kappa shape index (κ1) is 32.3. The lowest BCUT2D eigenvalue weighted by Crippen LogP contribution is -2.53. The van der Waals surface area contributed by atoms with Gasteiger partial charge in [0, 0.05) is 19.5 Å². The summed E-state index contributed by atoms with van der Waals surface area (Å²) in [5.41, 5.74) is 2.47. The van der Waals surface area contributed by atoms with Crippen molar-refractivity contribution in [2.75, 3.05) is 17.4 Å². The summed E-state index contributed by atoms with van der Waals surface area (Å²) in [6.45, 7) is 3.43. The van der Waals surface area contributed by atoms with Gasteiger partial charge in [-0.1, -0.05) is 67.1 Å². The maximum Gasteiger partial charge on any atom is 0.264 e. The maximum absolute atomic E-state index is 14.3. The van der Waals surface area contributed by atoms with E-state index in [-0.39, 0.29) is 23.5 Å². The number of rotatable bonds is 13. The molecule has 7 nitrogen and oxygen atoms in total. The monoisotopic (exact) mass is 619 g/mol. The molecule has 0 bridgehead atoms. The van der Waals surface area contributed by atoms with Crippen LogP contribution in [0, 0.1) is 18.6 Å². The summed E-state index contributed by atoms with van der Waals surface area (Å²) in [7, 11) is -4.34. The molecule has 0 aliphatic carbocycles. The molecule has 4 rings (SSSR count). The second-order valence-electron chi connectivity index (χ2n) is 10.4. The molecule has 230 valence electrons. The fourth-order valence-corrected chi connectivity index (χ4v) is 6.09. The van der Waals surface area contributed by atoms with Crippen LogP contribution in [0.2, 0.25) is 0 Å². The van der Waals surface area contributed by atoms with Crippen LogP contribution in [0.25, 0.3) is 0 Å². The Bertz CT molecular complexity index is 1650. The average molecular weight is 620 g/mol. The molecule has 0 spiro atoms. The molecule has 0 aromatic heterocycles. The maximum atomic E-state index is 14.3. The number of carbonyl (C=O) groups excluding carboxylic acids is 2. The van der Waals surface area contributed by atoms with Gasteiger partial charge in [-0.2, -0.15) is 0 Å². The Morgan fingerprint density at radius 3 is 1.98 bits per heavy atom. The molecule has 2 amide bonds. The van der Waals surface area contributed by atoms with Gasteiger partial charge in [0.15, 0.2) is 0 Å². The van der Waals surface area contributed by atoms with Gasteiger partial charge in [-0.15, -0.1) is 0 Å². The van der Waals surface area contributed by atoms with Gasteiger partial charge < -0.3 is 10.2 Å². The van der Waals surface area contributed by atoms with Crippen molar-refractivity contribution in [1.82, 2.24) is 10.2 Å². The number of hydrogen-bond acceptors (Lipinski definition) is 4. The smallest absolute Gasteiger partial charge is 0.264 e. The van der Waals surface area contributed by atoms with Crippen LogP contribution in [-0.4, -0.2) is 44.3 Å². The Morgan fingerprint density at radius 1 is 0.795 bits per heavy atom. The van der Waals surface area contributed by atoms with E-state index in [1.807, 2.05) is 44.2 Å². The molecule has 4 aromatic rings. The first-order valence-corrected chi connectivity index (χ1v) is 15.7. The number of hydrogen-bond donors (Lipinski definition) is 1. The van der Waals surface area contributed by atoms with E-state index >= 15 is 0 Å². The van der Waals surface area contributed by atoms with Crippen LogP contribution in [0.15, 0.2) is 108 Å². The zero-order valence-electron chi connectivity index (χ0n) is 24.6. The number of benzene rings is 4. The number of nitrogens with one attached hydrogen (secondary N) is 1. The molecular weight excluding hydrogens is 584 g/mol. The van der Waals surface area contributed by atoms with Crippen LogP contribution in [0.1, 0.15) is 30.0 Å². The average Bonchev–Trinajstić information content (AvgIpc) is 3.02. The highest BCUT2D eigenvalue weighted by atomic mass is 32.2. The van der Waals surface area contributed by atoms with E-state index in [2.05, 4.69) is 5.32 Å². The molecule has 0 radical (unpaired) electrons. The van der Waals surface area contributed by atoms with Crippen molar-refractivity contribution < 1.29 is 26.8 Å². The number of sulfonamides is 1. The molecule has 4 aromatic carbocycles. The van der Waals surface area contributed by atoms with Gasteiger partial charge in [0.1, 0.15) is 24.2 Å². The van der Waals surface area contributed by atoms with E-state index in [9.17, 15) is 26.8 Å². The van der Waals surface area contributed by atoms with Crippen molar-refractivity contribution in [2.24, 2.45) is 0 Å². The molecule has 0 fully saturated rings. The van der Waals surface area contributed by atoms with Crippen molar-refractivity contribution in [3.05, 3.63) is 131 Å². The van der Waals surface area contributed by atoms with Crippen LogP contribution in [0.4, 0.5) is 14.5 Å². The van der Waals surface area contributed by atoms with Gasteiger partial charge in [-0.25, -0.2) is 17.2 Å². The Hall–Kier alpha value is -4.57. The van der Waals surface area contributed by atoms with Crippen molar-refractivity contribution in [1.29, 1.82) is 0 Å². The standard InChI is InChI=1S/C34H35F2N3O4S/c1-3-21-37-34(41)32(22-26-7-5-4-6-8-26)38(23-27-11-13-28(35)14-12-27)33(40)24-39(30-17-9-25(2)10-18-30)44(42,43)31-19-15-29(36)16-20-31/h4-20,32H,3,21-24H2,1-2H3,(H,37,41). The summed E-state index contributed by atoms with van der Waals surface area (Å²) >= 11 is 0. The van der Waals surface area contributed by atoms with Crippen LogP contribution >= 0.6 is 0 Å². The Kier molecular flexibility index (Phi) is 10.8. The molecule has 0 heterocycles. The fourth-order valence-electron chi connectivity index (χ4n) is 4.68. The lowest BCUT2D eigenvalue weighted by atomic mass is 10.0. The third-order valence-corrected chi connectivity index (χ3v) is 8.88. The summed E-state index contributed by atoms with van der Waals surface area (Å²) in [5, 5.41) is 2.88. The summed E-state index contributed by atoms with van der Waals surface area (Å²) in [6, 6.07) is 24.7. The number of halogens is 2. The Morgan fingerprint density at radius 2 is 1.39 bits per heavy atom. The predicted molar refractivity (Wildman–Crippen MR) is 166 cm³/mol. The van der Waals surface area contributed by atoms with Crippen molar-refractivity contribution in [3.63, 3.8) is 0 Å². The largest absolute Gasteiger partial charge is 0.354 e. The summed E-state index contributed by atoms with van der Waals surface area (Å²) in [5.74, 6) is -2.10. The van der Waals surface area contributed by atoms with Gasteiger partial charge in [0.2, 0.25) is 11.8 Å². The Balaban J connectivity index is 1.78. The molecule has 10 heteroatoms. The van der Waals surface area contributed by atoms with E-state index in [1.54, 1.807) is 24.3 Å². The molecule has 1 unspecified atom stereocenters. The topological polar surface area (TPSA) is 86.8 Å². The molecular formula is C34H35F2N3O4S. The molecule has 1 N–H and O–H groups in total. The first-order valence-electron chi connectivity index (χ1n) is 14.3. The third kappa shape index (κ3) is 8.29. The minimum absolute atomic E-state index is 0.0749. The number of aryl methyl sites for hydroxylation is 1. The molecule has 1 atom stereocenters. The van der Waals surface area contributed by atoms with E-state index in [1.165, 1.54) is 29.2 Å².